The van der Waals surface area contributed by atoms with Gasteiger partial charge in [0.05, 0.1) is 5.69 Å². The summed E-state index contributed by atoms with van der Waals surface area (Å²) in [5.41, 5.74) is 3.12. The molecule has 0 amide bonds. The average molecular weight is 285 g/mol. The molecule has 1 atom stereocenters. The lowest BCUT2D eigenvalue weighted by Crippen LogP contribution is -2.19. The van der Waals surface area contributed by atoms with Crippen molar-refractivity contribution in [3.8, 4) is 0 Å². The van der Waals surface area contributed by atoms with Gasteiger partial charge in [-0.05, 0) is 35.4 Å². The zero-order chi connectivity index (χ0) is 13.8. The van der Waals surface area contributed by atoms with Gasteiger partial charge in [0.25, 0.3) is 0 Å². The number of hydrogen-bond acceptors (Lipinski definition) is 4. The molecule has 2 heterocycles. The monoisotopic (exact) mass is 285 g/mol. The molecule has 0 N–H and O–H groups in total. The number of aryl methyl sites for hydroxylation is 1. The normalized spacial score (nSPS) is 17.3. The summed E-state index contributed by atoms with van der Waals surface area (Å²) in [6.45, 7) is 0.235. The summed E-state index contributed by atoms with van der Waals surface area (Å²) in [4.78, 5) is 16.4. The predicted molar refractivity (Wildman–Crippen MR) is 79.4 cm³/mol. The second-order valence-electron chi connectivity index (χ2n) is 4.63. The zero-order valence-corrected chi connectivity index (χ0v) is 11.8. The standard InChI is InChI=1S/C16H15NO2S/c18-16(19-11-13-6-3-4-9-17-13)15-14-7-2-1-5-12(14)8-10-20-15/h1-7,9,15H,8,10-11H2/t15-/m0/s1. The molecule has 0 fully saturated rings. The highest BCUT2D eigenvalue weighted by Crippen LogP contribution is 2.37. The third-order valence-corrected chi connectivity index (χ3v) is 4.52. The van der Waals surface area contributed by atoms with Crippen molar-refractivity contribution in [2.24, 2.45) is 0 Å². The fourth-order valence-electron chi connectivity index (χ4n) is 2.29. The molecule has 0 unspecified atom stereocenters. The molecule has 0 spiro atoms. The third kappa shape index (κ3) is 2.85. The van der Waals surface area contributed by atoms with Crippen LogP contribution >= 0.6 is 11.8 Å². The van der Waals surface area contributed by atoms with Crippen LogP contribution in [0, 0.1) is 0 Å². The maximum absolute atomic E-state index is 12.3. The molecule has 1 aromatic carbocycles. The summed E-state index contributed by atoms with van der Waals surface area (Å²) >= 11 is 1.65. The minimum absolute atomic E-state index is 0.173. The minimum atomic E-state index is -0.205. The summed E-state index contributed by atoms with van der Waals surface area (Å²) in [7, 11) is 0. The van der Waals surface area contributed by atoms with E-state index in [1.165, 1.54) is 5.56 Å². The quantitative estimate of drug-likeness (QED) is 0.812. The van der Waals surface area contributed by atoms with Crippen LogP contribution in [0.3, 0.4) is 0 Å². The van der Waals surface area contributed by atoms with E-state index < -0.39 is 0 Å². The van der Waals surface area contributed by atoms with Gasteiger partial charge in [-0.3, -0.25) is 9.78 Å². The van der Waals surface area contributed by atoms with Crippen molar-refractivity contribution < 1.29 is 9.53 Å². The van der Waals surface area contributed by atoms with Crippen LogP contribution in [-0.4, -0.2) is 16.7 Å². The Morgan fingerprint density at radius 2 is 2.10 bits per heavy atom. The Hall–Kier alpha value is -1.81. The van der Waals surface area contributed by atoms with E-state index in [4.69, 9.17) is 4.74 Å². The Bertz CT molecular complexity index is 600. The topological polar surface area (TPSA) is 39.2 Å². The highest BCUT2D eigenvalue weighted by molar-refractivity contribution is 8.00. The van der Waals surface area contributed by atoms with E-state index in [0.717, 1.165) is 23.4 Å². The van der Waals surface area contributed by atoms with Gasteiger partial charge in [-0.15, -0.1) is 11.8 Å². The molecule has 2 aromatic rings. The van der Waals surface area contributed by atoms with Crippen LogP contribution in [0.15, 0.2) is 48.7 Å². The van der Waals surface area contributed by atoms with E-state index in [1.54, 1.807) is 18.0 Å². The summed E-state index contributed by atoms with van der Waals surface area (Å²) in [6, 6.07) is 13.7. The molecule has 3 nitrogen and oxygen atoms in total. The van der Waals surface area contributed by atoms with E-state index in [9.17, 15) is 4.79 Å². The first-order valence-corrected chi connectivity index (χ1v) is 7.65. The van der Waals surface area contributed by atoms with Crippen molar-refractivity contribution >= 4 is 17.7 Å². The lowest BCUT2D eigenvalue weighted by Gasteiger charge is -2.23. The van der Waals surface area contributed by atoms with Gasteiger partial charge in [0.2, 0.25) is 0 Å². The highest BCUT2D eigenvalue weighted by Gasteiger charge is 2.28. The van der Waals surface area contributed by atoms with Crippen molar-refractivity contribution in [3.05, 3.63) is 65.5 Å². The second kappa shape index (κ2) is 6.09. The van der Waals surface area contributed by atoms with Gasteiger partial charge in [-0.2, -0.15) is 0 Å². The predicted octanol–water partition coefficient (Wildman–Crippen LogP) is 3.16. The van der Waals surface area contributed by atoms with Crippen molar-refractivity contribution in [2.45, 2.75) is 18.3 Å². The fraction of sp³-hybridized carbons (Fsp3) is 0.250. The number of fused-ring (bicyclic) bond motifs is 1. The lowest BCUT2D eigenvalue weighted by molar-refractivity contribution is -0.144. The number of esters is 1. The van der Waals surface area contributed by atoms with E-state index in [-0.39, 0.29) is 17.8 Å². The Morgan fingerprint density at radius 3 is 2.95 bits per heavy atom. The molecule has 0 bridgehead atoms. The largest absolute Gasteiger partial charge is 0.458 e. The van der Waals surface area contributed by atoms with Crippen LogP contribution in [0.4, 0.5) is 0 Å². The van der Waals surface area contributed by atoms with Crippen molar-refractivity contribution in [3.63, 3.8) is 0 Å². The lowest BCUT2D eigenvalue weighted by atomic mass is 10.0. The molecular weight excluding hydrogens is 270 g/mol. The van der Waals surface area contributed by atoms with E-state index in [1.807, 2.05) is 36.4 Å². The molecule has 3 rings (SSSR count). The van der Waals surface area contributed by atoms with Crippen LogP contribution in [-0.2, 0) is 22.6 Å². The van der Waals surface area contributed by atoms with Gasteiger partial charge in [0, 0.05) is 6.20 Å². The summed E-state index contributed by atoms with van der Waals surface area (Å²) in [6.07, 6.45) is 2.72. The first-order valence-electron chi connectivity index (χ1n) is 6.60. The molecule has 0 radical (unpaired) electrons. The fourth-order valence-corrected chi connectivity index (χ4v) is 3.48. The van der Waals surface area contributed by atoms with Gasteiger partial charge in [0.15, 0.2) is 0 Å². The molecule has 102 valence electrons. The Morgan fingerprint density at radius 1 is 1.25 bits per heavy atom. The Kier molecular flexibility index (Phi) is 4.02. The number of ether oxygens (including phenoxy) is 1. The number of hydrogen-bond donors (Lipinski definition) is 0. The van der Waals surface area contributed by atoms with E-state index in [0.29, 0.717) is 0 Å². The summed E-state index contributed by atoms with van der Waals surface area (Å²) in [5.74, 6) is 0.785. The number of carbonyl (C=O) groups is 1. The molecule has 1 aromatic heterocycles. The maximum Gasteiger partial charge on any atom is 0.324 e. The third-order valence-electron chi connectivity index (χ3n) is 3.30. The maximum atomic E-state index is 12.3. The second-order valence-corrected chi connectivity index (χ2v) is 5.84. The van der Waals surface area contributed by atoms with E-state index >= 15 is 0 Å². The van der Waals surface area contributed by atoms with Gasteiger partial charge in [0.1, 0.15) is 11.9 Å². The van der Waals surface area contributed by atoms with Crippen LogP contribution in [0.25, 0.3) is 0 Å². The van der Waals surface area contributed by atoms with Crippen LogP contribution in [0.2, 0.25) is 0 Å². The van der Waals surface area contributed by atoms with Crippen LogP contribution in [0.5, 0.6) is 0 Å². The van der Waals surface area contributed by atoms with Crippen LogP contribution in [0.1, 0.15) is 22.1 Å². The first kappa shape index (κ1) is 13.2. The first-order chi connectivity index (χ1) is 9.84. The zero-order valence-electron chi connectivity index (χ0n) is 11.0. The number of carbonyl (C=O) groups excluding carboxylic acids is 1. The molecule has 0 saturated heterocycles. The number of pyridine rings is 1. The Labute approximate surface area is 122 Å². The SMILES string of the molecule is O=C(OCc1ccccn1)[C@H]1SCCc2ccccc21. The highest BCUT2D eigenvalue weighted by atomic mass is 32.2. The summed E-state index contributed by atoms with van der Waals surface area (Å²) < 4.78 is 5.40. The number of rotatable bonds is 3. The number of aromatic nitrogens is 1. The molecule has 1 aliphatic rings. The Balaban J connectivity index is 1.69. The molecular formula is C16H15NO2S. The van der Waals surface area contributed by atoms with Crippen molar-refractivity contribution in [2.75, 3.05) is 5.75 Å². The van der Waals surface area contributed by atoms with Gasteiger partial charge in [-0.25, -0.2) is 0 Å². The van der Waals surface area contributed by atoms with Gasteiger partial charge < -0.3 is 4.74 Å². The molecule has 0 saturated carbocycles. The van der Waals surface area contributed by atoms with Crippen LogP contribution < -0.4 is 0 Å². The molecule has 1 aliphatic heterocycles. The average Bonchev–Trinajstić information content (AvgIpc) is 2.53. The molecule has 4 heteroatoms. The molecule has 20 heavy (non-hydrogen) atoms. The van der Waals surface area contributed by atoms with Gasteiger partial charge >= 0.3 is 5.97 Å². The molecule has 0 aliphatic carbocycles. The van der Waals surface area contributed by atoms with E-state index in [2.05, 4.69) is 11.1 Å². The number of nitrogens with zero attached hydrogens (tertiary/aromatic N) is 1. The van der Waals surface area contributed by atoms with Crippen molar-refractivity contribution in [1.29, 1.82) is 0 Å². The minimum Gasteiger partial charge on any atom is -0.458 e. The number of thioether (sulfide) groups is 1. The van der Waals surface area contributed by atoms with Gasteiger partial charge in [-0.1, -0.05) is 30.3 Å². The summed E-state index contributed by atoms with van der Waals surface area (Å²) in [5, 5.41) is -0.205. The number of benzene rings is 1. The smallest absolute Gasteiger partial charge is 0.324 e. The van der Waals surface area contributed by atoms with Crippen molar-refractivity contribution in [1.82, 2.24) is 4.98 Å².